The number of ether oxygens (including phenoxy) is 2. The quantitative estimate of drug-likeness (QED) is 0.472. The van der Waals surface area contributed by atoms with E-state index < -0.39 is 13.7 Å². The molecule has 2 aliphatic carbocycles. The SMILES string of the molecule is C=CCC1C[C@@H]2C[C@@](O)(c3ccc(C)cc3)c3nc(OC)nc(OC)c3C2=C([Si](C)(C)C)C1=O. The minimum atomic E-state index is -2.09. The van der Waals surface area contributed by atoms with Crippen LogP contribution in [0.2, 0.25) is 19.6 Å². The van der Waals surface area contributed by atoms with E-state index in [2.05, 4.69) is 36.2 Å². The van der Waals surface area contributed by atoms with Crippen LogP contribution < -0.4 is 9.47 Å². The van der Waals surface area contributed by atoms with Crippen molar-refractivity contribution in [1.29, 1.82) is 0 Å². The van der Waals surface area contributed by atoms with Gasteiger partial charge in [-0.2, -0.15) is 9.97 Å². The molecule has 180 valence electrons. The number of carbonyl (C=O) groups is 1. The number of rotatable bonds is 6. The first-order valence-corrected chi connectivity index (χ1v) is 15.2. The number of aliphatic hydroxyl groups is 1. The summed E-state index contributed by atoms with van der Waals surface area (Å²) in [4.78, 5) is 22.9. The smallest absolute Gasteiger partial charge is 0.319 e. The fourth-order valence-electron chi connectivity index (χ4n) is 5.54. The molecule has 0 amide bonds. The maximum Gasteiger partial charge on any atom is 0.319 e. The van der Waals surface area contributed by atoms with Crippen LogP contribution in [0.4, 0.5) is 0 Å². The van der Waals surface area contributed by atoms with Crippen molar-refractivity contribution in [3.63, 3.8) is 0 Å². The van der Waals surface area contributed by atoms with Crippen LogP contribution in [0.15, 0.2) is 42.1 Å². The summed E-state index contributed by atoms with van der Waals surface area (Å²) in [5.41, 5.74) is 2.54. The van der Waals surface area contributed by atoms with Crippen molar-refractivity contribution >= 4 is 19.4 Å². The van der Waals surface area contributed by atoms with Gasteiger partial charge in [-0.3, -0.25) is 4.79 Å². The van der Waals surface area contributed by atoms with Crippen LogP contribution in [0.3, 0.4) is 0 Å². The Labute approximate surface area is 202 Å². The molecular weight excluding hydrogens is 444 g/mol. The lowest BCUT2D eigenvalue weighted by molar-refractivity contribution is -0.119. The van der Waals surface area contributed by atoms with Crippen LogP contribution in [0.1, 0.15) is 41.6 Å². The first-order chi connectivity index (χ1) is 16.0. The van der Waals surface area contributed by atoms with E-state index in [9.17, 15) is 9.90 Å². The van der Waals surface area contributed by atoms with Crippen LogP contribution in [0.5, 0.6) is 11.9 Å². The van der Waals surface area contributed by atoms with Gasteiger partial charge in [0.15, 0.2) is 5.78 Å². The molecule has 34 heavy (non-hydrogen) atoms. The van der Waals surface area contributed by atoms with Crippen molar-refractivity contribution in [2.45, 2.75) is 51.4 Å². The summed E-state index contributed by atoms with van der Waals surface area (Å²) in [6, 6.07) is 8.01. The monoisotopic (exact) mass is 478 g/mol. The maximum atomic E-state index is 13.8. The van der Waals surface area contributed by atoms with Crippen molar-refractivity contribution in [2.75, 3.05) is 14.2 Å². The standard InChI is InChI=1S/C27H34N2O4Si/c1-8-9-17-14-18-15-27(31,19-12-10-16(2)11-13-19)24-21(25(32-3)29-26(28-24)33-4)20(18)23(22(17)30)34(5,6)7/h8,10-13,17-18,31H,1,9,14-15H2,2-7H3/t17?,18-,27-/m1/s1. The predicted octanol–water partition coefficient (Wildman–Crippen LogP) is 4.85. The van der Waals surface area contributed by atoms with Crippen LogP contribution in [0, 0.1) is 18.8 Å². The van der Waals surface area contributed by atoms with Gasteiger partial charge in [0.1, 0.15) is 5.60 Å². The Morgan fingerprint density at radius 1 is 1.18 bits per heavy atom. The van der Waals surface area contributed by atoms with Crippen LogP contribution in [-0.4, -0.2) is 43.2 Å². The summed E-state index contributed by atoms with van der Waals surface area (Å²) < 4.78 is 11.1. The second-order valence-electron chi connectivity index (χ2n) is 10.4. The number of Topliss-reactive ketones (excluding diaryl/α,β-unsaturated/α-hetero) is 1. The zero-order chi connectivity index (χ0) is 24.8. The minimum absolute atomic E-state index is 0.0333. The zero-order valence-corrected chi connectivity index (χ0v) is 21.9. The molecule has 0 spiro atoms. The third kappa shape index (κ3) is 3.90. The topological polar surface area (TPSA) is 81.5 Å². The first kappa shape index (κ1) is 24.4. The molecule has 1 unspecified atom stereocenters. The van der Waals surface area contributed by atoms with E-state index in [0.717, 1.165) is 21.9 Å². The third-order valence-corrected chi connectivity index (χ3v) is 9.04. The molecule has 2 aliphatic rings. The number of ketones is 1. The Morgan fingerprint density at radius 3 is 2.41 bits per heavy atom. The van der Waals surface area contributed by atoms with Crippen LogP contribution in [0.25, 0.3) is 5.57 Å². The zero-order valence-electron chi connectivity index (χ0n) is 20.9. The van der Waals surface area contributed by atoms with Gasteiger partial charge in [0.25, 0.3) is 0 Å². The summed E-state index contributed by atoms with van der Waals surface area (Å²) in [6.45, 7) is 12.5. The van der Waals surface area contributed by atoms with E-state index in [1.165, 1.54) is 7.11 Å². The highest BCUT2D eigenvalue weighted by molar-refractivity contribution is 6.88. The van der Waals surface area contributed by atoms with Crippen molar-refractivity contribution in [1.82, 2.24) is 9.97 Å². The Morgan fingerprint density at radius 2 is 1.85 bits per heavy atom. The third-order valence-electron chi connectivity index (χ3n) is 7.03. The molecule has 2 aromatic rings. The summed E-state index contributed by atoms with van der Waals surface area (Å²) in [5.74, 6) is 0.351. The van der Waals surface area contributed by atoms with Gasteiger partial charge in [-0.15, -0.1) is 6.58 Å². The molecule has 0 bridgehead atoms. The van der Waals surface area contributed by atoms with E-state index in [1.54, 1.807) is 7.11 Å². The molecule has 0 fully saturated rings. The van der Waals surface area contributed by atoms with Gasteiger partial charge in [0.2, 0.25) is 5.88 Å². The van der Waals surface area contributed by atoms with E-state index in [-0.39, 0.29) is 23.6 Å². The number of aromatic nitrogens is 2. The number of hydrogen-bond donors (Lipinski definition) is 1. The summed E-state index contributed by atoms with van der Waals surface area (Å²) >= 11 is 0. The number of allylic oxidation sites excluding steroid dienone is 3. The highest BCUT2D eigenvalue weighted by atomic mass is 28.3. The second kappa shape index (κ2) is 8.78. The largest absolute Gasteiger partial charge is 0.480 e. The molecule has 1 heterocycles. The van der Waals surface area contributed by atoms with E-state index >= 15 is 0 Å². The highest BCUT2D eigenvalue weighted by Crippen LogP contribution is 2.56. The fraction of sp³-hybridized carbons (Fsp3) is 0.444. The first-order valence-electron chi connectivity index (χ1n) is 11.7. The van der Waals surface area contributed by atoms with Crippen molar-refractivity contribution in [3.05, 3.63) is 64.5 Å². The summed E-state index contributed by atoms with van der Waals surface area (Å²) in [5, 5.41) is 13.2. The highest BCUT2D eigenvalue weighted by Gasteiger charge is 2.51. The number of aryl methyl sites for hydroxylation is 1. The number of methoxy groups -OCH3 is 2. The maximum absolute atomic E-state index is 13.8. The van der Waals surface area contributed by atoms with E-state index in [0.29, 0.717) is 36.4 Å². The fourth-order valence-corrected chi connectivity index (χ4v) is 7.62. The van der Waals surface area contributed by atoms with Gasteiger partial charge in [-0.05, 0) is 48.4 Å². The van der Waals surface area contributed by atoms with Crippen LogP contribution >= 0.6 is 0 Å². The average Bonchev–Trinajstić information content (AvgIpc) is 2.79. The molecule has 0 saturated heterocycles. The number of benzene rings is 1. The van der Waals surface area contributed by atoms with Crippen molar-refractivity contribution in [2.24, 2.45) is 11.8 Å². The molecule has 0 radical (unpaired) electrons. The van der Waals surface area contributed by atoms with Gasteiger partial charge in [0, 0.05) is 5.92 Å². The van der Waals surface area contributed by atoms with Gasteiger partial charge in [-0.1, -0.05) is 55.5 Å². The molecule has 1 aromatic heterocycles. The molecule has 6 nitrogen and oxygen atoms in total. The Kier molecular flexibility index (Phi) is 6.29. The number of hydrogen-bond acceptors (Lipinski definition) is 6. The molecule has 1 N–H and O–H groups in total. The van der Waals surface area contributed by atoms with E-state index in [1.807, 2.05) is 37.3 Å². The molecular formula is C27H34N2O4Si. The Hall–Kier alpha value is -2.77. The summed E-state index contributed by atoms with van der Waals surface area (Å²) in [6.07, 6.45) is 3.53. The van der Waals surface area contributed by atoms with Crippen molar-refractivity contribution in [3.8, 4) is 11.9 Å². The number of nitrogens with zero attached hydrogens (tertiary/aromatic N) is 2. The van der Waals surface area contributed by atoms with Gasteiger partial charge >= 0.3 is 6.01 Å². The van der Waals surface area contributed by atoms with E-state index in [4.69, 9.17) is 9.47 Å². The molecule has 0 saturated carbocycles. The second-order valence-corrected chi connectivity index (χ2v) is 15.4. The molecule has 4 rings (SSSR count). The summed E-state index contributed by atoms with van der Waals surface area (Å²) in [7, 11) is 0.961. The molecule has 1 aromatic carbocycles. The Bertz CT molecular complexity index is 1170. The molecule has 3 atom stereocenters. The lowest BCUT2D eigenvalue weighted by Crippen LogP contribution is -2.45. The Balaban J connectivity index is 2.10. The minimum Gasteiger partial charge on any atom is -0.480 e. The van der Waals surface area contributed by atoms with Crippen LogP contribution in [-0.2, 0) is 10.4 Å². The lowest BCUT2D eigenvalue weighted by Gasteiger charge is -2.45. The van der Waals surface area contributed by atoms with Crippen molar-refractivity contribution < 1.29 is 19.4 Å². The number of carbonyl (C=O) groups excluding carboxylic acids is 1. The van der Waals surface area contributed by atoms with Gasteiger partial charge in [-0.25, -0.2) is 0 Å². The predicted molar refractivity (Wildman–Crippen MR) is 136 cm³/mol. The van der Waals surface area contributed by atoms with Gasteiger partial charge < -0.3 is 14.6 Å². The molecule has 7 heteroatoms. The lowest BCUT2D eigenvalue weighted by atomic mass is 9.65. The average molecular weight is 479 g/mol. The number of fused-ring (bicyclic) bond motifs is 3. The normalized spacial score (nSPS) is 24.4. The van der Waals surface area contributed by atoms with Gasteiger partial charge in [0.05, 0.1) is 33.6 Å². The molecule has 0 aliphatic heterocycles.